The molecule has 0 amide bonds. The highest BCUT2D eigenvalue weighted by molar-refractivity contribution is 6.31. The van der Waals surface area contributed by atoms with Gasteiger partial charge in [-0.1, -0.05) is 29.3 Å². The number of morpholine rings is 1. The van der Waals surface area contributed by atoms with Crippen LogP contribution in [-0.4, -0.2) is 47.3 Å². The molecule has 28 heavy (non-hydrogen) atoms. The Bertz CT molecular complexity index is 917. The topological polar surface area (TPSA) is 39.5 Å². The molecule has 0 radical (unpaired) electrons. The second kappa shape index (κ2) is 8.95. The SMILES string of the molecule is Cc1ccc(OCc2nc3ccc(Cl)cc3n2CCCN2CCOCC2)cc1. The van der Waals surface area contributed by atoms with Crippen molar-refractivity contribution in [1.29, 1.82) is 0 Å². The fourth-order valence-electron chi connectivity index (χ4n) is 3.57. The third kappa shape index (κ3) is 4.66. The molecule has 2 heterocycles. The zero-order valence-corrected chi connectivity index (χ0v) is 17.0. The van der Waals surface area contributed by atoms with Gasteiger partial charge in [0.2, 0.25) is 0 Å². The molecule has 148 valence electrons. The number of halogens is 1. The summed E-state index contributed by atoms with van der Waals surface area (Å²) in [6.07, 6.45) is 1.05. The largest absolute Gasteiger partial charge is 0.486 e. The van der Waals surface area contributed by atoms with Crippen LogP contribution in [0.1, 0.15) is 17.8 Å². The fraction of sp³-hybridized carbons (Fsp3) is 0.409. The van der Waals surface area contributed by atoms with Crippen LogP contribution in [0.25, 0.3) is 11.0 Å². The lowest BCUT2D eigenvalue weighted by Crippen LogP contribution is -2.37. The average molecular weight is 400 g/mol. The summed E-state index contributed by atoms with van der Waals surface area (Å²) in [5.74, 6) is 1.79. The third-order valence-corrected chi connectivity index (χ3v) is 5.37. The zero-order valence-electron chi connectivity index (χ0n) is 16.2. The summed E-state index contributed by atoms with van der Waals surface area (Å²) in [5, 5.41) is 0.729. The maximum absolute atomic E-state index is 6.25. The van der Waals surface area contributed by atoms with Crippen molar-refractivity contribution in [2.75, 3.05) is 32.8 Å². The smallest absolute Gasteiger partial charge is 0.147 e. The highest BCUT2D eigenvalue weighted by Crippen LogP contribution is 2.22. The minimum absolute atomic E-state index is 0.437. The number of benzene rings is 2. The van der Waals surface area contributed by atoms with Crippen LogP contribution in [0.4, 0.5) is 0 Å². The summed E-state index contributed by atoms with van der Waals surface area (Å²) in [6, 6.07) is 14.0. The minimum atomic E-state index is 0.437. The van der Waals surface area contributed by atoms with E-state index in [2.05, 4.69) is 28.5 Å². The van der Waals surface area contributed by atoms with Crippen LogP contribution in [0.2, 0.25) is 5.02 Å². The average Bonchev–Trinajstić information content (AvgIpc) is 3.05. The summed E-state index contributed by atoms with van der Waals surface area (Å²) in [5.41, 5.74) is 3.24. The second-order valence-electron chi connectivity index (χ2n) is 7.22. The zero-order chi connectivity index (χ0) is 19.3. The summed E-state index contributed by atoms with van der Waals surface area (Å²) in [7, 11) is 0. The molecule has 3 aromatic rings. The predicted molar refractivity (Wildman–Crippen MR) is 112 cm³/mol. The van der Waals surface area contributed by atoms with Gasteiger partial charge >= 0.3 is 0 Å². The molecule has 0 bridgehead atoms. The van der Waals surface area contributed by atoms with E-state index in [1.54, 1.807) is 0 Å². The molecule has 0 unspecified atom stereocenters. The quantitative estimate of drug-likeness (QED) is 0.593. The molecule has 6 heteroatoms. The van der Waals surface area contributed by atoms with Gasteiger partial charge in [0.1, 0.15) is 18.2 Å². The van der Waals surface area contributed by atoms with Crippen LogP contribution in [0.15, 0.2) is 42.5 Å². The van der Waals surface area contributed by atoms with E-state index in [4.69, 9.17) is 26.1 Å². The Morgan fingerprint density at radius 1 is 1.07 bits per heavy atom. The van der Waals surface area contributed by atoms with Gasteiger partial charge in [0.25, 0.3) is 0 Å². The molecule has 1 fully saturated rings. The van der Waals surface area contributed by atoms with Crippen molar-refractivity contribution in [2.45, 2.75) is 26.5 Å². The molecule has 1 aliphatic rings. The van der Waals surface area contributed by atoms with E-state index in [9.17, 15) is 0 Å². The van der Waals surface area contributed by atoms with Crippen LogP contribution in [0.3, 0.4) is 0 Å². The normalized spacial score (nSPS) is 15.2. The summed E-state index contributed by atoms with van der Waals surface area (Å²) in [4.78, 5) is 7.25. The molecule has 0 atom stereocenters. The van der Waals surface area contributed by atoms with Crippen LogP contribution in [0.5, 0.6) is 5.75 Å². The molecule has 1 saturated heterocycles. The minimum Gasteiger partial charge on any atom is -0.486 e. The molecule has 0 saturated carbocycles. The Morgan fingerprint density at radius 3 is 2.64 bits per heavy atom. The number of rotatable bonds is 7. The monoisotopic (exact) mass is 399 g/mol. The molecule has 4 rings (SSSR count). The van der Waals surface area contributed by atoms with Gasteiger partial charge in [-0.25, -0.2) is 4.98 Å². The van der Waals surface area contributed by atoms with Crippen molar-refractivity contribution in [3.05, 3.63) is 58.9 Å². The summed E-state index contributed by atoms with van der Waals surface area (Å²) < 4.78 is 13.7. The predicted octanol–water partition coefficient (Wildman–Crippen LogP) is 4.30. The first-order chi connectivity index (χ1) is 13.7. The number of imidazole rings is 1. The Balaban J connectivity index is 1.49. The number of aryl methyl sites for hydroxylation is 2. The number of ether oxygens (including phenoxy) is 2. The highest BCUT2D eigenvalue weighted by atomic mass is 35.5. The standard InChI is InChI=1S/C22H26ClN3O2/c1-17-3-6-19(7-4-17)28-16-22-24-20-8-5-18(23)15-21(20)26(22)10-2-9-25-11-13-27-14-12-25/h3-8,15H,2,9-14,16H2,1H3. The first kappa shape index (κ1) is 19.2. The van der Waals surface area contributed by atoms with E-state index in [1.807, 2.05) is 30.3 Å². The third-order valence-electron chi connectivity index (χ3n) is 5.14. The van der Waals surface area contributed by atoms with Gasteiger partial charge in [0, 0.05) is 31.2 Å². The number of fused-ring (bicyclic) bond motifs is 1. The van der Waals surface area contributed by atoms with Crippen LogP contribution >= 0.6 is 11.6 Å². The maximum Gasteiger partial charge on any atom is 0.147 e. The second-order valence-corrected chi connectivity index (χ2v) is 7.66. The van der Waals surface area contributed by atoms with E-state index in [-0.39, 0.29) is 0 Å². The van der Waals surface area contributed by atoms with E-state index in [0.717, 1.165) is 73.4 Å². The van der Waals surface area contributed by atoms with Crippen molar-refractivity contribution in [3.8, 4) is 5.75 Å². The molecule has 0 spiro atoms. The van der Waals surface area contributed by atoms with Crippen LogP contribution < -0.4 is 4.74 Å². The Hall–Kier alpha value is -2.08. The summed E-state index contributed by atoms with van der Waals surface area (Å²) in [6.45, 7) is 8.15. The molecule has 0 N–H and O–H groups in total. The number of hydrogen-bond donors (Lipinski definition) is 0. The van der Waals surface area contributed by atoms with E-state index in [0.29, 0.717) is 6.61 Å². The number of aromatic nitrogens is 2. The lowest BCUT2D eigenvalue weighted by Gasteiger charge is -2.26. The molecule has 5 nitrogen and oxygen atoms in total. The van der Waals surface area contributed by atoms with Crippen molar-refractivity contribution in [2.24, 2.45) is 0 Å². The Kier molecular flexibility index (Phi) is 6.15. The first-order valence-electron chi connectivity index (χ1n) is 9.83. The van der Waals surface area contributed by atoms with E-state index >= 15 is 0 Å². The first-order valence-corrected chi connectivity index (χ1v) is 10.2. The fourth-order valence-corrected chi connectivity index (χ4v) is 3.73. The lowest BCUT2D eigenvalue weighted by molar-refractivity contribution is 0.0369. The van der Waals surface area contributed by atoms with Gasteiger partial charge in [0.05, 0.1) is 24.2 Å². The van der Waals surface area contributed by atoms with Crippen LogP contribution in [-0.2, 0) is 17.9 Å². The molecular weight excluding hydrogens is 374 g/mol. The van der Waals surface area contributed by atoms with Gasteiger partial charge in [-0.3, -0.25) is 4.90 Å². The molecule has 0 aliphatic carbocycles. The van der Waals surface area contributed by atoms with Gasteiger partial charge in [-0.2, -0.15) is 0 Å². The van der Waals surface area contributed by atoms with E-state index in [1.165, 1.54) is 5.56 Å². The number of hydrogen-bond acceptors (Lipinski definition) is 4. The van der Waals surface area contributed by atoms with Crippen molar-refractivity contribution in [3.63, 3.8) is 0 Å². The van der Waals surface area contributed by atoms with Gasteiger partial charge < -0.3 is 14.0 Å². The van der Waals surface area contributed by atoms with Crippen molar-refractivity contribution >= 4 is 22.6 Å². The van der Waals surface area contributed by atoms with Crippen molar-refractivity contribution < 1.29 is 9.47 Å². The molecule has 1 aliphatic heterocycles. The van der Waals surface area contributed by atoms with Gasteiger partial charge in [-0.15, -0.1) is 0 Å². The summed E-state index contributed by atoms with van der Waals surface area (Å²) >= 11 is 6.25. The Labute approximate surface area is 170 Å². The van der Waals surface area contributed by atoms with E-state index < -0.39 is 0 Å². The van der Waals surface area contributed by atoms with Crippen molar-refractivity contribution in [1.82, 2.24) is 14.5 Å². The van der Waals surface area contributed by atoms with Gasteiger partial charge in [0.15, 0.2) is 0 Å². The maximum atomic E-state index is 6.25. The molecule has 1 aromatic heterocycles. The lowest BCUT2D eigenvalue weighted by atomic mass is 10.2. The molecule has 2 aromatic carbocycles. The highest BCUT2D eigenvalue weighted by Gasteiger charge is 2.14. The Morgan fingerprint density at radius 2 is 1.86 bits per heavy atom. The van der Waals surface area contributed by atoms with Gasteiger partial charge in [-0.05, 0) is 43.7 Å². The number of nitrogens with zero attached hydrogens (tertiary/aromatic N) is 3. The van der Waals surface area contributed by atoms with Crippen LogP contribution in [0, 0.1) is 6.92 Å². The molecular formula is C22H26ClN3O2.